The molecule has 1 rings (SSSR count). The summed E-state index contributed by atoms with van der Waals surface area (Å²) < 4.78 is 0.849. The summed E-state index contributed by atoms with van der Waals surface area (Å²) in [7, 11) is 0. The van der Waals surface area contributed by atoms with Crippen LogP contribution in [0.2, 0.25) is 0 Å². The summed E-state index contributed by atoms with van der Waals surface area (Å²) in [6.45, 7) is 3.77. The third kappa shape index (κ3) is 1.48. The van der Waals surface area contributed by atoms with Crippen molar-refractivity contribution >= 4 is 12.6 Å². The minimum Gasteiger partial charge on any atom is -0.618 e. The summed E-state index contributed by atoms with van der Waals surface area (Å²) in [5.41, 5.74) is 1.68. The SMILES string of the molecule is CCc1ccc(C)[n+]([O-])c1S. The molecule has 0 aliphatic heterocycles. The predicted octanol–water partition coefficient (Wildman–Crippen LogP) is 1.48. The van der Waals surface area contributed by atoms with E-state index in [1.807, 2.05) is 19.1 Å². The molecule has 0 amide bonds. The second kappa shape index (κ2) is 3.13. The summed E-state index contributed by atoms with van der Waals surface area (Å²) in [6, 6.07) is 3.75. The number of rotatable bonds is 1. The second-order valence-corrected chi connectivity index (χ2v) is 2.90. The topological polar surface area (TPSA) is 26.9 Å². The van der Waals surface area contributed by atoms with Gasteiger partial charge in [-0.25, -0.2) is 0 Å². The molecule has 3 heteroatoms. The number of hydrogen-bond acceptors (Lipinski definition) is 2. The maximum Gasteiger partial charge on any atom is 0.251 e. The highest BCUT2D eigenvalue weighted by atomic mass is 32.1. The zero-order valence-corrected chi connectivity index (χ0v) is 7.56. The molecule has 0 N–H and O–H groups in total. The van der Waals surface area contributed by atoms with Crippen molar-refractivity contribution in [3.63, 3.8) is 0 Å². The minimum absolute atomic E-state index is 0.521. The fraction of sp³-hybridized carbons (Fsp3) is 0.375. The Morgan fingerprint density at radius 3 is 2.73 bits per heavy atom. The van der Waals surface area contributed by atoms with Crippen LogP contribution in [-0.2, 0) is 6.42 Å². The Hall–Kier alpha value is -0.700. The Morgan fingerprint density at radius 2 is 2.18 bits per heavy atom. The van der Waals surface area contributed by atoms with Crippen molar-refractivity contribution in [2.45, 2.75) is 25.3 Å². The standard InChI is InChI=1S/C8H11NOS/c1-3-7-5-4-6(2)9(10)8(7)11/h4-5,11H,3H2,1-2H3. The van der Waals surface area contributed by atoms with Gasteiger partial charge in [0.2, 0.25) is 0 Å². The molecule has 0 saturated carbocycles. The molecule has 0 aliphatic rings. The first kappa shape index (κ1) is 8.40. The van der Waals surface area contributed by atoms with Crippen LogP contribution in [0.15, 0.2) is 17.2 Å². The number of hydrogen-bond donors (Lipinski definition) is 1. The van der Waals surface area contributed by atoms with Gasteiger partial charge in [-0.15, -0.1) is 0 Å². The smallest absolute Gasteiger partial charge is 0.251 e. The van der Waals surface area contributed by atoms with Crippen LogP contribution < -0.4 is 4.73 Å². The van der Waals surface area contributed by atoms with Crippen LogP contribution in [0.25, 0.3) is 0 Å². The molecule has 0 radical (unpaired) electrons. The minimum atomic E-state index is 0.521. The zero-order chi connectivity index (χ0) is 8.43. The average Bonchev–Trinajstić information content (AvgIpc) is 2.01. The van der Waals surface area contributed by atoms with Gasteiger partial charge in [-0.1, -0.05) is 19.6 Å². The zero-order valence-electron chi connectivity index (χ0n) is 6.66. The second-order valence-electron chi connectivity index (χ2n) is 2.47. The Kier molecular flexibility index (Phi) is 2.39. The van der Waals surface area contributed by atoms with E-state index in [4.69, 9.17) is 0 Å². The molecule has 0 saturated heterocycles. The summed E-state index contributed by atoms with van der Waals surface area (Å²) in [5, 5.41) is 11.7. The van der Waals surface area contributed by atoms with Gasteiger partial charge in [0, 0.05) is 18.6 Å². The van der Waals surface area contributed by atoms with Gasteiger partial charge in [0.05, 0.1) is 0 Å². The van der Waals surface area contributed by atoms with E-state index in [2.05, 4.69) is 12.6 Å². The van der Waals surface area contributed by atoms with Crippen molar-refractivity contribution in [3.05, 3.63) is 28.6 Å². The fourth-order valence-corrected chi connectivity index (χ4v) is 1.33. The van der Waals surface area contributed by atoms with Crippen molar-refractivity contribution in [2.24, 2.45) is 0 Å². The van der Waals surface area contributed by atoms with Crippen molar-refractivity contribution in [1.29, 1.82) is 0 Å². The van der Waals surface area contributed by atoms with E-state index in [1.54, 1.807) is 6.92 Å². The van der Waals surface area contributed by atoms with Crippen LogP contribution in [0.1, 0.15) is 18.2 Å². The molecule has 0 atom stereocenters. The molecule has 0 unspecified atom stereocenters. The fourth-order valence-electron chi connectivity index (χ4n) is 0.937. The van der Waals surface area contributed by atoms with E-state index in [0.717, 1.165) is 16.7 Å². The van der Waals surface area contributed by atoms with E-state index in [9.17, 15) is 5.21 Å². The van der Waals surface area contributed by atoms with Gasteiger partial charge in [-0.2, -0.15) is 4.73 Å². The van der Waals surface area contributed by atoms with Gasteiger partial charge in [0.25, 0.3) is 5.03 Å². The number of nitrogens with zero attached hydrogens (tertiary/aromatic N) is 1. The molecule has 0 bridgehead atoms. The molecule has 0 fully saturated rings. The number of thiol groups is 1. The third-order valence-corrected chi connectivity index (χ3v) is 2.18. The van der Waals surface area contributed by atoms with Gasteiger partial charge >= 0.3 is 0 Å². The van der Waals surface area contributed by atoms with E-state index in [-0.39, 0.29) is 0 Å². The lowest BCUT2D eigenvalue weighted by Crippen LogP contribution is -2.32. The van der Waals surface area contributed by atoms with Crippen LogP contribution in [0.5, 0.6) is 0 Å². The van der Waals surface area contributed by atoms with Crippen molar-refractivity contribution in [2.75, 3.05) is 0 Å². The summed E-state index contributed by atoms with van der Waals surface area (Å²) in [4.78, 5) is 0. The quantitative estimate of drug-likeness (QED) is 0.385. The lowest BCUT2D eigenvalue weighted by atomic mass is 10.2. The molecule has 1 aromatic heterocycles. The maximum absolute atomic E-state index is 11.2. The van der Waals surface area contributed by atoms with E-state index in [0.29, 0.717) is 10.7 Å². The van der Waals surface area contributed by atoms with Gasteiger partial charge < -0.3 is 5.21 Å². The highest BCUT2D eigenvalue weighted by Gasteiger charge is 2.07. The molecule has 0 spiro atoms. The van der Waals surface area contributed by atoms with E-state index < -0.39 is 0 Å². The van der Waals surface area contributed by atoms with E-state index in [1.165, 1.54) is 0 Å². The van der Waals surface area contributed by atoms with Crippen molar-refractivity contribution < 1.29 is 4.73 Å². The van der Waals surface area contributed by atoms with Crippen molar-refractivity contribution in [3.8, 4) is 0 Å². The van der Waals surface area contributed by atoms with Gasteiger partial charge in [-0.3, -0.25) is 0 Å². The normalized spacial score (nSPS) is 10.1. The monoisotopic (exact) mass is 169 g/mol. The van der Waals surface area contributed by atoms with E-state index >= 15 is 0 Å². The predicted molar refractivity (Wildman–Crippen MR) is 46.8 cm³/mol. The molecule has 1 aromatic rings. The summed E-state index contributed by atoms with van der Waals surface area (Å²) in [5.74, 6) is 0. The van der Waals surface area contributed by atoms with Crippen LogP contribution in [0.3, 0.4) is 0 Å². The number of aromatic nitrogens is 1. The maximum atomic E-state index is 11.2. The molecule has 60 valence electrons. The van der Waals surface area contributed by atoms with Crippen LogP contribution in [0, 0.1) is 12.1 Å². The third-order valence-electron chi connectivity index (χ3n) is 1.71. The summed E-state index contributed by atoms with van der Waals surface area (Å²) >= 11 is 4.11. The van der Waals surface area contributed by atoms with Crippen molar-refractivity contribution in [1.82, 2.24) is 0 Å². The Bertz CT molecular complexity index is 273. The molecule has 11 heavy (non-hydrogen) atoms. The first-order valence-corrected chi connectivity index (χ1v) is 4.02. The number of pyridine rings is 1. The first-order chi connectivity index (χ1) is 5.16. The molecule has 0 aromatic carbocycles. The van der Waals surface area contributed by atoms with Crippen LogP contribution >= 0.6 is 12.6 Å². The molecule has 2 nitrogen and oxygen atoms in total. The lowest BCUT2D eigenvalue weighted by Gasteiger charge is -2.05. The van der Waals surface area contributed by atoms with Gasteiger partial charge in [0.15, 0.2) is 5.69 Å². The largest absolute Gasteiger partial charge is 0.618 e. The van der Waals surface area contributed by atoms with Crippen LogP contribution in [-0.4, -0.2) is 0 Å². The molecule has 0 aliphatic carbocycles. The molecular formula is C8H11NOS. The Morgan fingerprint density at radius 1 is 1.55 bits per heavy atom. The van der Waals surface area contributed by atoms with Crippen LogP contribution in [0.4, 0.5) is 0 Å². The highest BCUT2D eigenvalue weighted by molar-refractivity contribution is 7.80. The summed E-state index contributed by atoms with van der Waals surface area (Å²) in [6.07, 6.45) is 0.849. The highest BCUT2D eigenvalue weighted by Crippen LogP contribution is 2.09. The number of aryl methyl sites for hydroxylation is 2. The Balaban J connectivity index is 3.25. The lowest BCUT2D eigenvalue weighted by molar-refractivity contribution is -0.652. The molecular weight excluding hydrogens is 158 g/mol. The Labute approximate surface area is 71.9 Å². The van der Waals surface area contributed by atoms with Gasteiger partial charge in [-0.05, 0) is 12.5 Å². The van der Waals surface area contributed by atoms with Gasteiger partial charge in [0.1, 0.15) is 0 Å². The molecule has 1 heterocycles. The first-order valence-electron chi connectivity index (χ1n) is 3.57. The average molecular weight is 169 g/mol.